The van der Waals surface area contributed by atoms with Crippen LogP contribution in [-0.4, -0.2) is 78.4 Å². The van der Waals surface area contributed by atoms with E-state index in [-0.39, 0.29) is 48.2 Å². The number of aliphatic hydroxyl groups is 1. The van der Waals surface area contributed by atoms with E-state index in [9.17, 15) is 27.9 Å². The highest BCUT2D eigenvalue weighted by Gasteiger charge is 2.31. The van der Waals surface area contributed by atoms with Gasteiger partial charge >= 0.3 is 12.2 Å². The maximum atomic E-state index is 14.4. The molecular weight excluding hydrogens is 708 g/mol. The van der Waals surface area contributed by atoms with Gasteiger partial charge in [-0.1, -0.05) is 36.2 Å². The van der Waals surface area contributed by atoms with E-state index in [4.69, 9.17) is 32.7 Å². The van der Waals surface area contributed by atoms with E-state index < -0.39 is 29.7 Å². The minimum Gasteiger partial charge on any atom is -0.490 e. The van der Waals surface area contributed by atoms with Crippen LogP contribution in [0.1, 0.15) is 61.5 Å². The summed E-state index contributed by atoms with van der Waals surface area (Å²) in [7, 11) is 1.99. The number of nitrogens with zero attached hydrogens (tertiary/aromatic N) is 2. The second-order valence-electron chi connectivity index (χ2n) is 13.1. The zero-order valence-electron chi connectivity index (χ0n) is 29.1. The molecule has 0 radical (unpaired) electrons. The molecule has 0 aliphatic carbocycles. The van der Waals surface area contributed by atoms with Crippen LogP contribution in [0.25, 0.3) is 0 Å². The monoisotopic (exact) mass is 752 g/mol. The highest BCUT2D eigenvalue weighted by Crippen LogP contribution is 2.31. The molecule has 3 N–H and O–H groups in total. The molecule has 0 saturated carbocycles. The van der Waals surface area contributed by atoms with Crippen LogP contribution in [0.2, 0.25) is 10.0 Å². The van der Waals surface area contributed by atoms with Gasteiger partial charge in [-0.2, -0.15) is 13.2 Å². The summed E-state index contributed by atoms with van der Waals surface area (Å²) in [5.41, 5.74) is 0.765. The Morgan fingerprint density at radius 1 is 1.02 bits per heavy atom. The molecule has 0 aromatic heterocycles. The van der Waals surface area contributed by atoms with Crippen molar-refractivity contribution in [3.05, 3.63) is 87.4 Å². The van der Waals surface area contributed by atoms with E-state index >= 15 is 0 Å². The molecule has 9 nitrogen and oxygen atoms in total. The summed E-state index contributed by atoms with van der Waals surface area (Å²) in [6.07, 6.45) is -2.64. The van der Waals surface area contributed by atoms with Crippen molar-refractivity contribution in [3.8, 4) is 5.75 Å². The highest BCUT2D eigenvalue weighted by molar-refractivity contribution is 6.42. The molecule has 4 atom stereocenters. The Kier molecular flexibility index (Phi) is 14.4. The fourth-order valence-electron chi connectivity index (χ4n) is 5.82. The van der Waals surface area contributed by atoms with E-state index in [0.717, 1.165) is 42.7 Å². The quantitative estimate of drug-likeness (QED) is 0.213. The first kappa shape index (κ1) is 40.2. The summed E-state index contributed by atoms with van der Waals surface area (Å²) in [4.78, 5) is 30.9. The standard InChI is InChI=1S/C37H45Cl2F3N4O5/c1-23-19-46(24(2)22-47)35(48)30-18-29(44-36(49)43-28-11-9-27(10-12-28)37(40,41)42)13-15-33(30)51-25(3)7-5-6-16-50-34(23)21-45(4)20-26-8-14-31(38)32(39)17-26/h8-15,17-18,23-25,34,47H,5-7,16,19-22H2,1-4H3,(H2,43,44,49)/t23-,24-,25-,34+/m1/s1. The number of fused-ring (bicyclic) bond motifs is 1. The van der Waals surface area contributed by atoms with Gasteiger partial charge in [-0.3, -0.25) is 9.69 Å². The Hall–Kier alpha value is -3.55. The molecule has 3 amide bonds. The summed E-state index contributed by atoms with van der Waals surface area (Å²) in [5, 5.41) is 16.4. The molecule has 51 heavy (non-hydrogen) atoms. The maximum Gasteiger partial charge on any atom is 0.416 e. The molecule has 0 bridgehead atoms. The topological polar surface area (TPSA) is 103 Å². The van der Waals surface area contributed by atoms with Crippen molar-refractivity contribution in [1.82, 2.24) is 9.80 Å². The lowest BCUT2D eigenvalue weighted by Crippen LogP contribution is -2.47. The molecule has 0 fully saturated rings. The van der Waals surface area contributed by atoms with E-state index in [0.29, 0.717) is 41.9 Å². The largest absolute Gasteiger partial charge is 0.490 e. The zero-order valence-corrected chi connectivity index (χ0v) is 30.6. The van der Waals surface area contributed by atoms with Crippen LogP contribution in [0.4, 0.5) is 29.3 Å². The third-order valence-electron chi connectivity index (χ3n) is 8.71. The number of carbonyl (C=O) groups excluding carboxylic acids is 2. The number of hydrogen-bond acceptors (Lipinski definition) is 6. The average molecular weight is 754 g/mol. The Balaban J connectivity index is 1.57. The van der Waals surface area contributed by atoms with Crippen molar-refractivity contribution in [2.45, 2.75) is 71.0 Å². The second kappa shape index (κ2) is 18.3. The first-order chi connectivity index (χ1) is 24.1. The molecule has 0 saturated heterocycles. The van der Waals surface area contributed by atoms with Crippen molar-refractivity contribution < 1.29 is 37.3 Å². The lowest BCUT2D eigenvalue weighted by Gasteiger charge is -2.36. The molecule has 1 aliphatic heterocycles. The highest BCUT2D eigenvalue weighted by atomic mass is 35.5. The number of likely N-dealkylation sites (N-methyl/N-ethyl adjacent to an activating group) is 1. The van der Waals surface area contributed by atoms with Gasteiger partial charge in [0.05, 0.1) is 46.0 Å². The number of benzene rings is 3. The van der Waals surface area contributed by atoms with Crippen molar-refractivity contribution in [1.29, 1.82) is 0 Å². The number of aliphatic hydroxyl groups excluding tert-OH is 1. The lowest BCUT2D eigenvalue weighted by molar-refractivity contribution is -0.137. The van der Waals surface area contributed by atoms with Crippen LogP contribution in [-0.2, 0) is 17.5 Å². The molecule has 1 heterocycles. The van der Waals surface area contributed by atoms with E-state index in [2.05, 4.69) is 15.5 Å². The number of alkyl halides is 3. The van der Waals surface area contributed by atoms with E-state index in [1.165, 1.54) is 6.07 Å². The molecule has 278 valence electrons. The Labute approximate surface area is 307 Å². The van der Waals surface area contributed by atoms with Gasteiger partial charge in [0.25, 0.3) is 5.91 Å². The number of urea groups is 1. The molecular formula is C37H45Cl2F3N4O5. The summed E-state index contributed by atoms with van der Waals surface area (Å²) in [5.74, 6) is -0.228. The first-order valence-corrected chi connectivity index (χ1v) is 17.6. The number of ether oxygens (including phenoxy) is 2. The molecule has 3 aromatic carbocycles. The minimum atomic E-state index is -4.50. The van der Waals surface area contributed by atoms with Crippen molar-refractivity contribution in [2.75, 3.05) is 44.0 Å². The van der Waals surface area contributed by atoms with Gasteiger partial charge in [-0.05, 0) is 100 Å². The second-order valence-corrected chi connectivity index (χ2v) is 13.9. The van der Waals surface area contributed by atoms with Gasteiger partial charge < -0.3 is 30.1 Å². The first-order valence-electron chi connectivity index (χ1n) is 16.9. The van der Waals surface area contributed by atoms with Crippen LogP contribution < -0.4 is 15.4 Å². The molecule has 0 spiro atoms. The van der Waals surface area contributed by atoms with E-state index in [1.54, 1.807) is 30.0 Å². The van der Waals surface area contributed by atoms with Crippen molar-refractivity contribution >= 4 is 46.5 Å². The van der Waals surface area contributed by atoms with Crippen molar-refractivity contribution in [3.63, 3.8) is 0 Å². The molecule has 4 rings (SSSR count). The van der Waals surface area contributed by atoms with Crippen LogP contribution in [0.5, 0.6) is 5.75 Å². The summed E-state index contributed by atoms with van der Waals surface area (Å²) in [6, 6.07) is 13.0. The SMILES string of the molecule is C[C@@H]1CCCCO[C@@H](CN(C)Cc2ccc(Cl)c(Cl)c2)[C@H](C)CN([C@H](C)CO)C(=O)c2cc(NC(=O)Nc3ccc(C(F)(F)F)cc3)ccc2O1. The number of hydrogen-bond donors (Lipinski definition) is 3. The Bertz CT molecular complexity index is 1630. The third-order valence-corrected chi connectivity index (χ3v) is 9.45. The lowest BCUT2D eigenvalue weighted by atomic mass is 10.0. The van der Waals surface area contributed by atoms with Crippen LogP contribution in [0, 0.1) is 5.92 Å². The van der Waals surface area contributed by atoms with Crippen LogP contribution in [0.3, 0.4) is 0 Å². The number of anilines is 2. The smallest absolute Gasteiger partial charge is 0.416 e. The number of nitrogens with one attached hydrogen (secondary N) is 2. The fraction of sp³-hybridized carbons (Fsp3) is 0.459. The van der Waals surface area contributed by atoms with Gasteiger partial charge in [-0.25, -0.2) is 4.79 Å². The normalized spacial score (nSPS) is 19.9. The molecule has 1 aliphatic rings. The third kappa shape index (κ3) is 11.7. The van der Waals surface area contributed by atoms with E-state index in [1.807, 2.05) is 33.0 Å². The Morgan fingerprint density at radius 2 is 1.71 bits per heavy atom. The minimum absolute atomic E-state index is 0.152. The summed E-state index contributed by atoms with van der Waals surface area (Å²) < 4.78 is 51.6. The van der Waals surface area contributed by atoms with Crippen LogP contribution in [0.15, 0.2) is 60.7 Å². The summed E-state index contributed by atoms with van der Waals surface area (Å²) >= 11 is 12.4. The van der Waals surface area contributed by atoms with Gasteiger partial charge in [0, 0.05) is 43.5 Å². The predicted molar refractivity (Wildman–Crippen MR) is 194 cm³/mol. The average Bonchev–Trinajstić information content (AvgIpc) is 3.07. The zero-order chi connectivity index (χ0) is 37.3. The molecule has 14 heteroatoms. The van der Waals surface area contributed by atoms with Gasteiger partial charge in [-0.15, -0.1) is 0 Å². The summed E-state index contributed by atoms with van der Waals surface area (Å²) in [6.45, 7) is 7.35. The molecule has 0 unspecified atom stereocenters. The predicted octanol–water partition coefficient (Wildman–Crippen LogP) is 8.58. The Morgan fingerprint density at radius 3 is 2.37 bits per heavy atom. The number of rotatable bonds is 8. The number of halogens is 5. The van der Waals surface area contributed by atoms with Gasteiger partial charge in [0.1, 0.15) is 5.75 Å². The molecule has 3 aromatic rings. The van der Waals surface area contributed by atoms with Crippen molar-refractivity contribution in [2.24, 2.45) is 5.92 Å². The van der Waals surface area contributed by atoms with Crippen LogP contribution >= 0.6 is 23.2 Å². The maximum absolute atomic E-state index is 14.4. The number of amides is 3. The number of carbonyl (C=O) groups is 2. The van der Waals surface area contributed by atoms with Gasteiger partial charge in [0.2, 0.25) is 0 Å². The fourth-order valence-corrected chi connectivity index (χ4v) is 6.14. The van der Waals surface area contributed by atoms with Gasteiger partial charge in [0.15, 0.2) is 0 Å².